The summed E-state index contributed by atoms with van der Waals surface area (Å²) in [6, 6.07) is 26.6. The van der Waals surface area contributed by atoms with E-state index in [1.54, 1.807) is 25.3 Å². The summed E-state index contributed by atoms with van der Waals surface area (Å²) in [7, 11) is 0. The fraction of sp³-hybridized carbons (Fsp3) is 0.0800. The van der Waals surface area contributed by atoms with Crippen molar-refractivity contribution in [3.05, 3.63) is 108 Å². The molecular formula is C25H20N2O3. The Hall–Kier alpha value is -3.99. The Labute approximate surface area is 174 Å². The number of aromatic nitrogens is 2. The molecule has 1 heterocycles. The Morgan fingerprint density at radius 3 is 2.07 bits per heavy atom. The molecule has 148 valence electrons. The fourth-order valence-corrected chi connectivity index (χ4v) is 3.20. The van der Waals surface area contributed by atoms with Gasteiger partial charge in [-0.1, -0.05) is 72.8 Å². The molecule has 0 saturated carbocycles. The first-order valence-electron chi connectivity index (χ1n) is 9.69. The molecule has 0 aliphatic rings. The molecule has 0 saturated heterocycles. The molecule has 0 unspecified atom stereocenters. The predicted octanol–water partition coefficient (Wildman–Crippen LogP) is 4.95. The van der Waals surface area contributed by atoms with Gasteiger partial charge >= 0.3 is 5.97 Å². The second kappa shape index (κ2) is 8.57. The smallest absolute Gasteiger partial charge is 0.359 e. The Kier molecular flexibility index (Phi) is 5.52. The van der Waals surface area contributed by atoms with E-state index in [0.29, 0.717) is 5.56 Å². The zero-order valence-corrected chi connectivity index (χ0v) is 16.5. The van der Waals surface area contributed by atoms with Crippen LogP contribution in [0.25, 0.3) is 16.8 Å². The van der Waals surface area contributed by atoms with Crippen molar-refractivity contribution in [1.82, 2.24) is 9.78 Å². The lowest BCUT2D eigenvalue weighted by atomic mass is 9.99. The quantitative estimate of drug-likeness (QED) is 0.342. The van der Waals surface area contributed by atoms with Gasteiger partial charge in [-0.25, -0.2) is 9.48 Å². The summed E-state index contributed by atoms with van der Waals surface area (Å²) in [5, 5.41) is 4.33. The molecular weight excluding hydrogens is 376 g/mol. The van der Waals surface area contributed by atoms with Gasteiger partial charge in [0.15, 0.2) is 11.5 Å². The van der Waals surface area contributed by atoms with E-state index < -0.39 is 5.97 Å². The van der Waals surface area contributed by atoms with Crippen molar-refractivity contribution in [3.8, 4) is 16.8 Å². The maximum atomic E-state index is 13.2. The van der Waals surface area contributed by atoms with Crippen LogP contribution in [0.4, 0.5) is 0 Å². The molecule has 5 nitrogen and oxygen atoms in total. The molecule has 4 aromatic rings. The monoisotopic (exact) mass is 396 g/mol. The average Bonchev–Trinajstić information content (AvgIpc) is 3.26. The summed E-state index contributed by atoms with van der Waals surface area (Å²) in [5.41, 5.74) is 3.54. The highest BCUT2D eigenvalue weighted by Gasteiger charge is 2.24. The summed E-state index contributed by atoms with van der Waals surface area (Å²) >= 11 is 0. The van der Waals surface area contributed by atoms with Gasteiger partial charge in [0.2, 0.25) is 0 Å². The van der Waals surface area contributed by atoms with Crippen LogP contribution < -0.4 is 0 Å². The van der Waals surface area contributed by atoms with Crippen LogP contribution in [0.5, 0.6) is 0 Å². The van der Waals surface area contributed by atoms with Crippen LogP contribution in [0, 0.1) is 0 Å². The topological polar surface area (TPSA) is 61.2 Å². The second-order valence-corrected chi connectivity index (χ2v) is 6.66. The number of para-hydroxylation sites is 1. The third kappa shape index (κ3) is 3.91. The number of carbonyl (C=O) groups is 2. The molecule has 0 aliphatic heterocycles. The molecule has 0 spiro atoms. The van der Waals surface area contributed by atoms with E-state index in [0.717, 1.165) is 16.8 Å². The van der Waals surface area contributed by atoms with Crippen LogP contribution in [0.15, 0.2) is 91.1 Å². The van der Waals surface area contributed by atoms with Gasteiger partial charge in [-0.3, -0.25) is 4.79 Å². The molecule has 0 aliphatic carbocycles. The van der Waals surface area contributed by atoms with E-state index in [1.807, 2.05) is 72.8 Å². The number of hydrogen-bond acceptors (Lipinski definition) is 4. The van der Waals surface area contributed by atoms with E-state index in [-0.39, 0.29) is 23.6 Å². The number of ether oxygens (including phenoxy) is 1. The first kappa shape index (κ1) is 19.3. The van der Waals surface area contributed by atoms with E-state index in [2.05, 4.69) is 5.10 Å². The summed E-state index contributed by atoms with van der Waals surface area (Å²) in [6.45, 7) is 1.92. The van der Waals surface area contributed by atoms with Gasteiger partial charge in [-0.15, -0.1) is 0 Å². The first-order valence-corrected chi connectivity index (χ1v) is 9.69. The maximum absolute atomic E-state index is 13.2. The SMILES string of the molecule is CCOC(=O)c1nn(-c2ccccc2)cc1C(=O)c1ccc(-c2ccccc2)cc1. The lowest BCUT2D eigenvalue weighted by Gasteiger charge is -2.04. The maximum Gasteiger partial charge on any atom is 0.359 e. The normalized spacial score (nSPS) is 10.6. The summed E-state index contributed by atoms with van der Waals surface area (Å²) in [5.74, 6) is -0.892. The average molecular weight is 396 g/mol. The van der Waals surface area contributed by atoms with Crippen molar-refractivity contribution < 1.29 is 14.3 Å². The molecule has 0 radical (unpaired) electrons. The van der Waals surface area contributed by atoms with Gasteiger partial charge in [0, 0.05) is 11.8 Å². The minimum atomic E-state index is -0.614. The molecule has 0 N–H and O–H groups in total. The number of carbonyl (C=O) groups excluding carboxylic acids is 2. The molecule has 0 atom stereocenters. The van der Waals surface area contributed by atoms with Crippen LogP contribution in [0.3, 0.4) is 0 Å². The van der Waals surface area contributed by atoms with Gasteiger partial charge in [-0.2, -0.15) is 5.10 Å². The largest absolute Gasteiger partial charge is 0.461 e. The molecule has 3 aromatic carbocycles. The highest BCUT2D eigenvalue weighted by Crippen LogP contribution is 2.22. The van der Waals surface area contributed by atoms with Crippen molar-refractivity contribution in [2.24, 2.45) is 0 Å². The predicted molar refractivity (Wildman–Crippen MR) is 115 cm³/mol. The minimum Gasteiger partial charge on any atom is -0.461 e. The zero-order valence-electron chi connectivity index (χ0n) is 16.5. The van der Waals surface area contributed by atoms with Crippen LogP contribution in [0.2, 0.25) is 0 Å². The fourth-order valence-electron chi connectivity index (χ4n) is 3.20. The minimum absolute atomic E-state index is 0.0119. The number of esters is 1. The van der Waals surface area contributed by atoms with Gasteiger partial charge in [0.1, 0.15) is 0 Å². The highest BCUT2D eigenvalue weighted by atomic mass is 16.5. The first-order chi connectivity index (χ1) is 14.7. The van der Waals surface area contributed by atoms with E-state index in [1.165, 1.54) is 4.68 Å². The Balaban J connectivity index is 1.70. The van der Waals surface area contributed by atoms with Crippen LogP contribution in [-0.4, -0.2) is 28.1 Å². The molecule has 1 aromatic heterocycles. The lowest BCUT2D eigenvalue weighted by Crippen LogP contribution is -2.12. The number of benzene rings is 3. The van der Waals surface area contributed by atoms with E-state index >= 15 is 0 Å². The van der Waals surface area contributed by atoms with Gasteiger partial charge in [0.05, 0.1) is 17.9 Å². The Morgan fingerprint density at radius 1 is 0.833 bits per heavy atom. The van der Waals surface area contributed by atoms with Gasteiger partial charge < -0.3 is 4.74 Å². The van der Waals surface area contributed by atoms with Crippen LogP contribution >= 0.6 is 0 Å². The third-order valence-electron chi connectivity index (χ3n) is 4.70. The van der Waals surface area contributed by atoms with Gasteiger partial charge in [0.25, 0.3) is 0 Å². The van der Waals surface area contributed by atoms with Crippen LogP contribution in [0.1, 0.15) is 33.3 Å². The van der Waals surface area contributed by atoms with Gasteiger partial charge in [-0.05, 0) is 30.2 Å². The molecule has 0 fully saturated rings. The summed E-state index contributed by atoms with van der Waals surface area (Å²) in [6.07, 6.45) is 1.58. The molecule has 30 heavy (non-hydrogen) atoms. The zero-order chi connectivity index (χ0) is 20.9. The number of ketones is 1. The van der Waals surface area contributed by atoms with Crippen molar-refractivity contribution in [2.75, 3.05) is 6.61 Å². The van der Waals surface area contributed by atoms with Crippen molar-refractivity contribution in [3.63, 3.8) is 0 Å². The number of rotatable bonds is 6. The summed E-state index contributed by atoms with van der Waals surface area (Å²) in [4.78, 5) is 25.6. The van der Waals surface area contributed by atoms with Crippen molar-refractivity contribution >= 4 is 11.8 Å². The van der Waals surface area contributed by atoms with Crippen molar-refractivity contribution in [2.45, 2.75) is 6.92 Å². The second-order valence-electron chi connectivity index (χ2n) is 6.66. The van der Waals surface area contributed by atoms with Crippen molar-refractivity contribution in [1.29, 1.82) is 0 Å². The Bertz CT molecular complexity index is 1160. The molecule has 4 rings (SSSR count). The van der Waals surface area contributed by atoms with Crippen LogP contribution in [-0.2, 0) is 4.74 Å². The third-order valence-corrected chi connectivity index (χ3v) is 4.70. The Morgan fingerprint density at radius 2 is 1.43 bits per heavy atom. The number of hydrogen-bond donors (Lipinski definition) is 0. The highest BCUT2D eigenvalue weighted by molar-refractivity contribution is 6.14. The van der Waals surface area contributed by atoms with E-state index in [4.69, 9.17) is 4.74 Å². The molecule has 0 amide bonds. The summed E-state index contributed by atoms with van der Waals surface area (Å²) < 4.78 is 6.64. The molecule has 5 heteroatoms. The lowest BCUT2D eigenvalue weighted by molar-refractivity contribution is 0.0516. The standard InChI is InChI=1S/C25H20N2O3/c1-2-30-25(29)23-22(17-27(26-23)21-11-7-4-8-12-21)24(28)20-15-13-19(14-16-20)18-9-5-3-6-10-18/h3-17H,2H2,1H3. The van der Waals surface area contributed by atoms with E-state index in [9.17, 15) is 9.59 Å². The number of nitrogens with zero attached hydrogens (tertiary/aromatic N) is 2. The molecule has 0 bridgehead atoms.